The summed E-state index contributed by atoms with van der Waals surface area (Å²) in [6, 6.07) is 9.67. The smallest absolute Gasteiger partial charge is 0.374 e. The van der Waals surface area contributed by atoms with Gasteiger partial charge in [0, 0.05) is 25.7 Å². The molecule has 3 atom stereocenters. The number of halogens is 3. The molecule has 0 bridgehead atoms. The van der Waals surface area contributed by atoms with E-state index in [9.17, 15) is 27.9 Å². The van der Waals surface area contributed by atoms with Crippen LogP contribution in [0.5, 0.6) is 0 Å². The van der Waals surface area contributed by atoms with Gasteiger partial charge in [0.1, 0.15) is 11.6 Å². The third-order valence-corrected chi connectivity index (χ3v) is 6.85. The number of hydrogen-bond donors (Lipinski definition) is 4. The first-order valence-corrected chi connectivity index (χ1v) is 12.2. The van der Waals surface area contributed by atoms with Crippen molar-refractivity contribution in [2.45, 2.75) is 50.0 Å². The fraction of sp³-hybridized carbons (Fsp3) is 0.444. The number of aryl methyl sites for hydroxylation is 2. The number of alkyl halides is 3. The van der Waals surface area contributed by atoms with Crippen LogP contribution in [0.1, 0.15) is 57.7 Å². The van der Waals surface area contributed by atoms with Gasteiger partial charge < -0.3 is 15.7 Å². The van der Waals surface area contributed by atoms with Gasteiger partial charge in [-0.25, -0.2) is 9.79 Å². The average molecular weight is 535 g/mol. The second kappa shape index (κ2) is 10.8. The van der Waals surface area contributed by atoms with Gasteiger partial charge in [-0.3, -0.25) is 15.4 Å². The Kier molecular flexibility index (Phi) is 8.35. The maximum absolute atomic E-state index is 13.3. The molecule has 3 rings (SSSR count). The van der Waals surface area contributed by atoms with Crippen molar-refractivity contribution in [3.63, 3.8) is 0 Å². The number of benzene rings is 2. The second-order valence-electron chi connectivity index (χ2n) is 10.3. The predicted molar refractivity (Wildman–Crippen MR) is 137 cm³/mol. The van der Waals surface area contributed by atoms with E-state index < -0.39 is 35.6 Å². The van der Waals surface area contributed by atoms with Crippen molar-refractivity contribution in [3.8, 4) is 0 Å². The number of nitrogens with one attached hydrogen (secondary N) is 1. The number of carbonyl (C=O) groups is 2. The molecule has 0 fully saturated rings. The molecule has 0 saturated heterocycles. The molecule has 0 radical (unpaired) electrons. The van der Waals surface area contributed by atoms with Crippen molar-refractivity contribution < 1.29 is 32.9 Å². The van der Waals surface area contributed by atoms with Crippen LogP contribution in [-0.4, -0.2) is 73.0 Å². The van der Waals surface area contributed by atoms with Crippen molar-refractivity contribution in [2.75, 3.05) is 28.2 Å². The molecule has 0 spiro atoms. The molecule has 0 aliphatic heterocycles. The Bertz CT molecular complexity index is 1260. The van der Waals surface area contributed by atoms with Crippen LogP contribution in [0.3, 0.4) is 0 Å². The maximum atomic E-state index is 13.3. The highest BCUT2D eigenvalue weighted by Gasteiger charge is 2.50. The van der Waals surface area contributed by atoms with E-state index in [0.29, 0.717) is 40.7 Å². The van der Waals surface area contributed by atoms with Gasteiger partial charge in [0.25, 0.3) is 11.7 Å². The number of hydrogen-bond acceptors (Lipinski definition) is 5. The SMILES string of the molecule is C[C@H](N)CC1(C(N)=[NH+]C(=O)C(F)(F)F)c2ccc(C(=O)N(C)C)cc2CCc2cc(C(O)N(C)C)ccc21. The largest absolute Gasteiger partial charge is 0.495 e. The van der Waals surface area contributed by atoms with Gasteiger partial charge in [0.15, 0.2) is 0 Å². The van der Waals surface area contributed by atoms with Gasteiger partial charge in [-0.1, -0.05) is 24.3 Å². The van der Waals surface area contributed by atoms with Gasteiger partial charge in [-0.05, 0) is 80.2 Å². The lowest BCUT2D eigenvalue weighted by molar-refractivity contribution is -0.409. The van der Waals surface area contributed by atoms with Gasteiger partial charge in [0.2, 0.25) is 0 Å². The highest BCUT2D eigenvalue weighted by atomic mass is 19.4. The Balaban J connectivity index is 2.39. The molecule has 38 heavy (non-hydrogen) atoms. The van der Waals surface area contributed by atoms with E-state index in [0.717, 1.165) is 5.56 Å². The summed E-state index contributed by atoms with van der Waals surface area (Å²) in [6.07, 6.45) is -5.09. The minimum atomic E-state index is -5.15. The quantitative estimate of drug-likeness (QED) is 0.244. The van der Waals surface area contributed by atoms with Crippen LogP contribution >= 0.6 is 0 Å². The van der Waals surface area contributed by atoms with Crippen LogP contribution in [0, 0.1) is 0 Å². The molecule has 2 aromatic carbocycles. The molecule has 0 aromatic heterocycles. The fourth-order valence-corrected chi connectivity index (χ4v) is 5.12. The standard InChI is InChI=1S/C27H34F3N5O3/c1-15(31)14-26(24(32)33-25(38)27(28,29)30)20-10-8-18(22(36)34(2)3)12-16(20)6-7-17-13-19(9-11-21(17)26)23(37)35(4)5/h8-13,15,22,36H,6-7,14,31H2,1-5H3,(H2,32,33,38)/p+1/t15-,22?,26?/m0/s1. The molecule has 1 aliphatic rings. The van der Waals surface area contributed by atoms with E-state index >= 15 is 0 Å². The molecule has 206 valence electrons. The Hall–Kier alpha value is -3.28. The van der Waals surface area contributed by atoms with Crippen molar-refractivity contribution in [3.05, 3.63) is 69.8 Å². The van der Waals surface area contributed by atoms with E-state index in [1.807, 2.05) is 4.99 Å². The van der Waals surface area contributed by atoms with E-state index in [1.165, 1.54) is 4.90 Å². The fourth-order valence-electron chi connectivity index (χ4n) is 5.12. The van der Waals surface area contributed by atoms with Crippen molar-refractivity contribution in [2.24, 2.45) is 11.5 Å². The van der Waals surface area contributed by atoms with E-state index in [4.69, 9.17) is 11.5 Å². The molecule has 0 heterocycles. The Morgan fingerprint density at radius 1 is 1.05 bits per heavy atom. The zero-order valence-electron chi connectivity index (χ0n) is 22.2. The van der Waals surface area contributed by atoms with E-state index in [1.54, 1.807) is 76.4 Å². The average Bonchev–Trinajstić information content (AvgIpc) is 2.96. The van der Waals surface area contributed by atoms with Gasteiger partial charge in [0.05, 0.1) is 0 Å². The molecule has 11 heteroatoms. The molecule has 2 amide bonds. The third-order valence-electron chi connectivity index (χ3n) is 6.85. The zero-order chi connectivity index (χ0) is 28.6. The lowest BCUT2D eigenvalue weighted by Crippen LogP contribution is -2.86. The molecule has 2 unspecified atom stereocenters. The monoisotopic (exact) mass is 534 g/mol. The van der Waals surface area contributed by atoms with Crippen molar-refractivity contribution in [1.82, 2.24) is 9.80 Å². The molecule has 2 aromatic rings. The molecular formula is C27H35F3N5O3+. The van der Waals surface area contributed by atoms with Crippen molar-refractivity contribution >= 4 is 17.6 Å². The van der Waals surface area contributed by atoms with Crippen LogP contribution in [0.25, 0.3) is 0 Å². The number of fused-ring (bicyclic) bond motifs is 2. The summed E-state index contributed by atoms with van der Waals surface area (Å²) in [6.45, 7) is 1.71. The second-order valence-corrected chi connectivity index (χ2v) is 10.3. The highest BCUT2D eigenvalue weighted by molar-refractivity contribution is 5.97. The van der Waals surface area contributed by atoms with Crippen LogP contribution in [-0.2, 0) is 23.1 Å². The van der Waals surface area contributed by atoms with E-state index in [-0.39, 0.29) is 12.3 Å². The van der Waals surface area contributed by atoms with Gasteiger partial charge in [-0.15, -0.1) is 0 Å². The predicted octanol–water partition coefficient (Wildman–Crippen LogP) is 0.590. The Morgan fingerprint density at radius 2 is 1.61 bits per heavy atom. The van der Waals surface area contributed by atoms with Crippen LogP contribution in [0.2, 0.25) is 0 Å². The topological polar surface area (TPSA) is 127 Å². The number of nitrogens with two attached hydrogens (primary N) is 2. The number of aliphatic hydroxyl groups is 1. The Morgan fingerprint density at radius 3 is 2.11 bits per heavy atom. The summed E-state index contributed by atoms with van der Waals surface area (Å²) in [4.78, 5) is 29.7. The first-order chi connectivity index (χ1) is 17.6. The minimum absolute atomic E-state index is 0.0769. The third kappa shape index (κ3) is 5.59. The van der Waals surface area contributed by atoms with E-state index in [2.05, 4.69) is 0 Å². The lowest BCUT2D eigenvalue weighted by Gasteiger charge is -2.35. The summed E-state index contributed by atoms with van der Waals surface area (Å²) in [5, 5.41) is 10.6. The summed E-state index contributed by atoms with van der Waals surface area (Å²) < 4.78 is 39.9. The number of amides is 2. The van der Waals surface area contributed by atoms with Gasteiger partial charge >= 0.3 is 12.1 Å². The zero-order valence-corrected chi connectivity index (χ0v) is 22.2. The lowest BCUT2D eigenvalue weighted by atomic mass is 9.67. The highest BCUT2D eigenvalue weighted by Crippen LogP contribution is 2.43. The van der Waals surface area contributed by atoms with Gasteiger partial charge in [-0.2, -0.15) is 13.2 Å². The first-order valence-electron chi connectivity index (χ1n) is 12.2. The maximum Gasteiger partial charge on any atom is 0.495 e. The molecular weight excluding hydrogens is 499 g/mol. The summed E-state index contributed by atoms with van der Waals surface area (Å²) >= 11 is 0. The summed E-state index contributed by atoms with van der Waals surface area (Å²) in [5.41, 5.74) is 14.8. The number of nitrogens with zero attached hydrogens (tertiary/aromatic N) is 2. The Labute approximate surface area is 220 Å². The minimum Gasteiger partial charge on any atom is -0.374 e. The molecule has 8 nitrogen and oxygen atoms in total. The number of aliphatic hydroxyl groups excluding tert-OH is 1. The van der Waals surface area contributed by atoms with Crippen molar-refractivity contribution in [1.29, 1.82) is 0 Å². The first kappa shape index (κ1) is 29.3. The van der Waals surface area contributed by atoms with Crippen LogP contribution < -0.4 is 16.5 Å². The molecule has 0 saturated carbocycles. The normalized spacial score (nSPS) is 19.3. The molecule has 6 N–H and O–H groups in total. The molecule has 1 aliphatic carbocycles. The number of rotatable bonds is 6. The summed E-state index contributed by atoms with van der Waals surface area (Å²) in [5.74, 6) is -2.83. The van der Waals surface area contributed by atoms with Crippen LogP contribution in [0.4, 0.5) is 13.2 Å². The summed E-state index contributed by atoms with van der Waals surface area (Å²) in [7, 11) is 6.68. The van der Waals surface area contributed by atoms with Crippen LogP contribution in [0.15, 0.2) is 36.4 Å². The number of carbonyl (C=O) groups excluding carboxylic acids is 2. The number of amidine groups is 1.